The first-order valence-electron chi connectivity index (χ1n) is 9.74. The smallest absolute Gasteiger partial charge is 0.264 e. The largest absolute Gasteiger partial charge is 0.302 e. The fraction of sp³-hybridized carbons (Fsp3) is 0.273. The lowest BCUT2D eigenvalue weighted by Crippen LogP contribution is -2.35. The van der Waals surface area contributed by atoms with Crippen LogP contribution in [0.5, 0.6) is 0 Å². The number of fused-ring (bicyclic) bond motifs is 1. The lowest BCUT2D eigenvalue weighted by molar-refractivity contribution is -0.114. The Morgan fingerprint density at radius 2 is 1.87 bits per heavy atom. The summed E-state index contributed by atoms with van der Waals surface area (Å²) in [7, 11) is -3.61. The third-order valence-electron chi connectivity index (χ3n) is 5.29. The van der Waals surface area contributed by atoms with Gasteiger partial charge in [-0.05, 0) is 61.6 Å². The van der Waals surface area contributed by atoms with E-state index in [4.69, 9.17) is 0 Å². The number of rotatable bonds is 4. The van der Waals surface area contributed by atoms with Gasteiger partial charge in [0.2, 0.25) is 5.91 Å². The minimum Gasteiger partial charge on any atom is -0.302 e. The van der Waals surface area contributed by atoms with Crippen molar-refractivity contribution in [1.82, 2.24) is 4.98 Å². The van der Waals surface area contributed by atoms with Gasteiger partial charge in [-0.2, -0.15) is 0 Å². The van der Waals surface area contributed by atoms with Crippen molar-refractivity contribution in [2.45, 2.75) is 38.5 Å². The molecule has 0 atom stereocenters. The predicted octanol–water partition coefficient (Wildman–Crippen LogP) is 4.53. The molecule has 2 aromatic carbocycles. The van der Waals surface area contributed by atoms with Crippen molar-refractivity contribution in [1.29, 1.82) is 0 Å². The molecule has 0 aliphatic carbocycles. The van der Waals surface area contributed by atoms with Crippen molar-refractivity contribution in [2.24, 2.45) is 0 Å². The molecular formula is C22H23N3O3S2. The van der Waals surface area contributed by atoms with Crippen LogP contribution < -0.4 is 9.62 Å². The molecule has 30 heavy (non-hydrogen) atoms. The van der Waals surface area contributed by atoms with Gasteiger partial charge < -0.3 is 5.32 Å². The number of aromatic nitrogens is 1. The number of benzene rings is 2. The molecule has 0 bridgehead atoms. The maximum Gasteiger partial charge on any atom is 0.264 e. The zero-order chi connectivity index (χ0) is 21.5. The van der Waals surface area contributed by atoms with Crippen molar-refractivity contribution >= 4 is 38.1 Å². The molecule has 1 N–H and O–H groups in total. The second-order valence-electron chi connectivity index (χ2n) is 7.34. The number of sulfonamides is 1. The molecule has 0 spiro atoms. The number of hydrogen-bond donors (Lipinski definition) is 1. The standard InChI is InChI=1S/C22H23N3O3S2/c1-14-18-10-7-13-25(30(27,28)17-8-5-4-6-9-17)20(18)12-11-19(14)21-15(2)23-22(29-21)24-16(3)26/h4-6,8-9,11-12H,7,10,13H2,1-3H3,(H,23,24,26). The fourth-order valence-electron chi connectivity index (χ4n) is 3.88. The summed E-state index contributed by atoms with van der Waals surface area (Å²) in [5.41, 5.74) is 4.72. The number of hydrogen-bond acceptors (Lipinski definition) is 5. The van der Waals surface area contributed by atoms with E-state index in [2.05, 4.69) is 10.3 Å². The molecule has 3 aromatic rings. The summed E-state index contributed by atoms with van der Waals surface area (Å²) in [5, 5.41) is 3.31. The predicted molar refractivity (Wildman–Crippen MR) is 121 cm³/mol. The van der Waals surface area contributed by atoms with E-state index in [1.807, 2.05) is 32.0 Å². The third kappa shape index (κ3) is 3.61. The minimum atomic E-state index is -3.61. The molecule has 0 saturated heterocycles. The van der Waals surface area contributed by atoms with Gasteiger partial charge in [-0.1, -0.05) is 35.6 Å². The van der Waals surface area contributed by atoms with Gasteiger partial charge in [0.1, 0.15) is 0 Å². The first-order valence-corrected chi connectivity index (χ1v) is 12.0. The summed E-state index contributed by atoms with van der Waals surface area (Å²) in [4.78, 5) is 17.1. The van der Waals surface area contributed by atoms with Crippen LogP contribution in [0.15, 0.2) is 47.4 Å². The fourth-order valence-corrected chi connectivity index (χ4v) is 6.53. The average molecular weight is 442 g/mol. The van der Waals surface area contributed by atoms with Gasteiger partial charge in [-0.3, -0.25) is 9.10 Å². The first kappa shape index (κ1) is 20.6. The van der Waals surface area contributed by atoms with Crippen LogP contribution in [-0.2, 0) is 21.2 Å². The highest BCUT2D eigenvalue weighted by Crippen LogP contribution is 2.41. The highest BCUT2D eigenvalue weighted by atomic mass is 32.2. The number of aryl methyl sites for hydroxylation is 1. The summed E-state index contributed by atoms with van der Waals surface area (Å²) in [6.07, 6.45) is 1.59. The van der Waals surface area contributed by atoms with Crippen LogP contribution in [-0.4, -0.2) is 25.9 Å². The molecule has 1 amide bonds. The Balaban J connectivity index is 1.78. The second-order valence-corrected chi connectivity index (χ2v) is 10.2. The number of carbonyl (C=O) groups is 1. The van der Waals surface area contributed by atoms with E-state index in [1.165, 1.54) is 22.6 Å². The first-order chi connectivity index (χ1) is 14.3. The van der Waals surface area contributed by atoms with Gasteiger partial charge in [-0.15, -0.1) is 0 Å². The molecule has 6 nitrogen and oxygen atoms in total. The zero-order valence-electron chi connectivity index (χ0n) is 17.1. The van der Waals surface area contributed by atoms with Gasteiger partial charge in [0, 0.05) is 13.5 Å². The Labute approximate surface area is 180 Å². The number of anilines is 2. The van der Waals surface area contributed by atoms with Crippen LogP contribution in [0.4, 0.5) is 10.8 Å². The molecule has 4 rings (SSSR count). The van der Waals surface area contributed by atoms with E-state index in [1.54, 1.807) is 24.3 Å². The molecule has 2 heterocycles. The molecule has 0 unspecified atom stereocenters. The number of nitrogens with zero attached hydrogens (tertiary/aromatic N) is 2. The molecule has 0 fully saturated rings. The average Bonchev–Trinajstić information content (AvgIpc) is 3.07. The maximum atomic E-state index is 13.3. The molecule has 0 radical (unpaired) electrons. The highest BCUT2D eigenvalue weighted by Gasteiger charge is 2.30. The van der Waals surface area contributed by atoms with Gasteiger partial charge >= 0.3 is 0 Å². The number of thiazole rings is 1. The minimum absolute atomic E-state index is 0.153. The third-order valence-corrected chi connectivity index (χ3v) is 8.22. The van der Waals surface area contributed by atoms with Crippen LogP contribution in [0.2, 0.25) is 0 Å². The second kappa shape index (κ2) is 7.85. The van der Waals surface area contributed by atoms with Crippen molar-refractivity contribution in [2.75, 3.05) is 16.2 Å². The molecule has 1 aliphatic rings. The van der Waals surface area contributed by atoms with Gasteiger partial charge in [0.25, 0.3) is 10.0 Å². The molecule has 1 aromatic heterocycles. The lowest BCUT2D eigenvalue weighted by Gasteiger charge is -2.32. The normalized spacial score (nSPS) is 13.8. The van der Waals surface area contributed by atoms with Crippen LogP contribution in [0.3, 0.4) is 0 Å². The maximum absolute atomic E-state index is 13.3. The molecule has 1 aliphatic heterocycles. The summed E-state index contributed by atoms with van der Waals surface area (Å²) in [5.74, 6) is -0.153. The molecular weight excluding hydrogens is 418 g/mol. The van der Waals surface area contributed by atoms with Crippen LogP contribution in [0.1, 0.15) is 30.2 Å². The topological polar surface area (TPSA) is 79.4 Å². The summed E-state index contributed by atoms with van der Waals surface area (Å²) >= 11 is 1.43. The van der Waals surface area contributed by atoms with E-state index in [9.17, 15) is 13.2 Å². The number of carbonyl (C=O) groups excluding carboxylic acids is 1. The van der Waals surface area contributed by atoms with Gasteiger partial charge in [0.15, 0.2) is 5.13 Å². The Kier molecular flexibility index (Phi) is 5.38. The molecule has 8 heteroatoms. The molecule has 0 saturated carbocycles. The summed E-state index contributed by atoms with van der Waals surface area (Å²) < 4.78 is 28.0. The Hall–Kier alpha value is -2.71. The van der Waals surface area contributed by atoms with Crippen LogP contribution in [0.25, 0.3) is 10.4 Å². The Morgan fingerprint density at radius 1 is 1.13 bits per heavy atom. The number of amides is 1. The SMILES string of the molecule is CC(=O)Nc1nc(C)c(-c2ccc3c(c2C)CCCN3S(=O)(=O)c2ccccc2)s1. The van der Waals surface area contributed by atoms with Crippen molar-refractivity contribution in [3.8, 4) is 10.4 Å². The van der Waals surface area contributed by atoms with E-state index < -0.39 is 10.0 Å². The highest BCUT2D eigenvalue weighted by molar-refractivity contribution is 7.92. The summed E-state index contributed by atoms with van der Waals surface area (Å²) in [6.45, 7) is 5.88. The van der Waals surface area contributed by atoms with Crippen LogP contribution >= 0.6 is 11.3 Å². The monoisotopic (exact) mass is 441 g/mol. The zero-order valence-corrected chi connectivity index (χ0v) is 18.7. The van der Waals surface area contributed by atoms with E-state index in [-0.39, 0.29) is 5.91 Å². The van der Waals surface area contributed by atoms with Crippen molar-refractivity contribution < 1.29 is 13.2 Å². The van der Waals surface area contributed by atoms with Crippen molar-refractivity contribution in [3.63, 3.8) is 0 Å². The Morgan fingerprint density at radius 3 is 2.57 bits per heavy atom. The number of nitrogens with one attached hydrogen (secondary N) is 1. The lowest BCUT2D eigenvalue weighted by atomic mass is 9.93. The molecule has 156 valence electrons. The van der Waals surface area contributed by atoms with Gasteiger partial charge in [0.05, 0.1) is 21.2 Å². The quantitative estimate of drug-likeness (QED) is 0.645. The van der Waals surface area contributed by atoms with Gasteiger partial charge in [-0.25, -0.2) is 13.4 Å². The van der Waals surface area contributed by atoms with Crippen molar-refractivity contribution in [3.05, 3.63) is 59.3 Å². The Bertz CT molecular complexity index is 1220. The van der Waals surface area contributed by atoms with E-state index in [0.717, 1.165) is 45.8 Å². The van der Waals surface area contributed by atoms with Crippen LogP contribution in [0, 0.1) is 13.8 Å². The van der Waals surface area contributed by atoms with E-state index in [0.29, 0.717) is 16.6 Å². The van der Waals surface area contributed by atoms with E-state index >= 15 is 0 Å². The summed E-state index contributed by atoms with van der Waals surface area (Å²) in [6, 6.07) is 12.4.